The van der Waals surface area contributed by atoms with Crippen LogP contribution < -0.4 is 0 Å². The molecule has 0 unspecified atom stereocenters. The molecule has 0 amide bonds. The number of halogens is 3. The van der Waals surface area contributed by atoms with Crippen LogP contribution in [0.15, 0.2) is 36.4 Å². The molecule has 1 nitrogen and oxygen atoms in total. The van der Waals surface area contributed by atoms with Crippen LogP contribution in [0.3, 0.4) is 0 Å². The lowest BCUT2D eigenvalue weighted by Crippen LogP contribution is -2.05. The van der Waals surface area contributed by atoms with Gasteiger partial charge < -0.3 is 0 Å². The molecule has 0 heterocycles. The molecule has 0 aromatic heterocycles. The molecular formula is C15H11Cl2FO. The Morgan fingerprint density at radius 1 is 1.21 bits per heavy atom. The van der Waals surface area contributed by atoms with Gasteiger partial charge in [0.05, 0.1) is 5.02 Å². The molecule has 2 rings (SSSR count). The lowest BCUT2D eigenvalue weighted by molar-refractivity contribution is 0.0993. The summed E-state index contributed by atoms with van der Waals surface area (Å²) in [6, 6.07) is 9.22. The zero-order valence-electron chi connectivity index (χ0n) is 10.2. The summed E-state index contributed by atoms with van der Waals surface area (Å²) in [5.74, 6) is -0.594. The summed E-state index contributed by atoms with van der Waals surface area (Å²) in [5.41, 5.74) is 1.73. The van der Waals surface area contributed by atoms with Crippen LogP contribution >= 0.6 is 23.2 Å². The number of hydrogen-bond acceptors (Lipinski definition) is 1. The highest BCUT2D eigenvalue weighted by Gasteiger charge is 2.14. The van der Waals surface area contributed by atoms with Crippen molar-refractivity contribution in [1.82, 2.24) is 0 Å². The van der Waals surface area contributed by atoms with Gasteiger partial charge in [0.15, 0.2) is 5.78 Å². The minimum atomic E-state index is -0.414. The van der Waals surface area contributed by atoms with Gasteiger partial charge in [-0.15, -0.1) is 0 Å². The van der Waals surface area contributed by atoms with Crippen molar-refractivity contribution in [2.45, 2.75) is 13.3 Å². The van der Waals surface area contributed by atoms with Gasteiger partial charge in [0.1, 0.15) is 5.82 Å². The summed E-state index contributed by atoms with van der Waals surface area (Å²) in [7, 11) is 0. The van der Waals surface area contributed by atoms with E-state index in [0.29, 0.717) is 21.2 Å². The van der Waals surface area contributed by atoms with E-state index in [0.717, 1.165) is 5.56 Å². The fraction of sp³-hybridized carbons (Fsp3) is 0.133. The van der Waals surface area contributed by atoms with E-state index in [2.05, 4.69) is 0 Å². The molecule has 0 saturated heterocycles. The van der Waals surface area contributed by atoms with Gasteiger partial charge >= 0.3 is 0 Å². The van der Waals surface area contributed by atoms with Crippen LogP contribution in [0.1, 0.15) is 21.5 Å². The molecule has 98 valence electrons. The molecule has 0 aliphatic rings. The summed E-state index contributed by atoms with van der Waals surface area (Å²) >= 11 is 12.0. The number of Topliss-reactive ketones (excluding diaryl/α,β-unsaturated/α-hetero) is 1. The molecular weight excluding hydrogens is 286 g/mol. The highest BCUT2D eigenvalue weighted by Crippen LogP contribution is 2.24. The van der Waals surface area contributed by atoms with Crippen LogP contribution in [0.4, 0.5) is 4.39 Å². The van der Waals surface area contributed by atoms with Crippen molar-refractivity contribution in [3.8, 4) is 0 Å². The van der Waals surface area contributed by atoms with E-state index in [9.17, 15) is 9.18 Å². The maximum Gasteiger partial charge on any atom is 0.168 e. The lowest BCUT2D eigenvalue weighted by Gasteiger charge is -2.07. The van der Waals surface area contributed by atoms with Gasteiger partial charge in [-0.3, -0.25) is 4.79 Å². The van der Waals surface area contributed by atoms with Crippen LogP contribution in [-0.4, -0.2) is 5.78 Å². The van der Waals surface area contributed by atoms with Gasteiger partial charge in [-0.05, 0) is 42.3 Å². The molecule has 0 radical (unpaired) electrons. The number of carbonyl (C=O) groups excluding carboxylic acids is 1. The zero-order chi connectivity index (χ0) is 14.0. The van der Waals surface area contributed by atoms with Gasteiger partial charge in [-0.1, -0.05) is 35.3 Å². The minimum absolute atomic E-state index is 0.0275. The van der Waals surface area contributed by atoms with Crippen molar-refractivity contribution in [2.24, 2.45) is 0 Å². The Labute approximate surface area is 121 Å². The first kappa shape index (κ1) is 14.0. The summed E-state index contributed by atoms with van der Waals surface area (Å²) in [5, 5.41) is 0.804. The first-order valence-electron chi connectivity index (χ1n) is 5.71. The standard InChI is InChI=1S/C15H11Cl2FO/c1-9-3-2-4-12(15(9)17)14(19)8-10-7-11(18)5-6-13(10)16/h2-7H,8H2,1H3. The average Bonchev–Trinajstić information content (AvgIpc) is 2.37. The van der Waals surface area contributed by atoms with Crippen molar-refractivity contribution >= 4 is 29.0 Å². The molecule has 0 aliphatic heterocycles. The first-order chi connectivity index (χ1) is 8.99. The van der Waals surface area contributed by atoms with Crippen LogP contribution in [-0.2, 0) is 6.42 Å². The number of carbonyl (C=O) groups is 1. The van der Waals surface area contributed by atoms with E-state index in [-0.39, 0.29) is 12.2 Å². The fourth-order valence-electron chi connectivity index (χ4n) is 1.81. The number of benzene rings is 2. The normalized spacial score (nSPS) is 10.5. The Morgan fingerprint density at radius 2 is 1.95 bits per heavy atom. The van der Waals surface area contributed by atoms with Crippen molar-refractivity contribution in [3.63, 3.8) is 0 Å². The molecule has 2 aromatic carbocycles. The van der Waals surface area contributed by atoms with Gasteiger partial charge in [-0.25, -0.2) is 4.39 Å². The molecule has 19 heavy (non-hydrogen) atoms. The van der Waals surface area contributed by atoms with E-state index in [1.807, 2.05) is 13.0 Å². The molecule has 4 heteroatoms. The smallest absolute Gasteiger partial charge is 0.168 e. The second kappa shape index (κ2) is 5.72. The predicted octanol–water partition coefficient (Wildman–Crippen LogP) is 4.87. The highest BCUT2D eigenvalue weighted by molar-refractivity contribution is 6.35. The zero-order valence-corrected chi connectivity index (χ0v) is 11.7. The van der Waals surface area contributed by atoms with Gasteiger partial charge in [0, 0.05) is 17.0 Å². The van der Waals surface area contributed by atoms with Crippen LogP contribution in [0.25, 0.3) is 0 Å². The van der Waals surface area contributed by atoms with Crippen LogP contribution in [0, 0.1) is 12.7 Å². The Morgan fingerprint density at radius 3 is 2.68 bits per heavy atom. The van der Waals surface area contributed by atoms with Crippen molar-refractivity contribution in [1.29, 1.82) is 0 Å². The van der Waals surface area contributed by atoms with E-state index in [1.54, 1.807) is 12.1 Å². The molecule has 0 atom stereocenters. The Kier molecular flexibility index (Phi) is 4.23. The Balaban J connectivity index is 2.31. The van der Waals surface area contributed by atoms with Crippen LogP contribution in [0.2, 0.25) is 10.0 Å². The third kappa shape index (κ3) is 3.14. The fourth-order valence-corrected chi connectivity index (χ4v) is 2.23. The predicted molar refractivity (Wildman–Crippen MR) is 75.6 cm³/mol. The minimum Gasteiger partial charge on any atom is -0.294 e. The number of ketones is 1. The molecule has 0 spiro atoms. The second-order valence-electron chi connectivity index (χ2n) is 4.27. The second-order valence-corrected chi connectivity index (χ2v) is 5.06. The van der Waals surface area contributed by atoms with Crippen LogP contribution in [0.5, 0.6) is 0 Å². The maximum absolute atomic E-state index is 13.1. The van der Waals surface area contributed by atoms with Crippen molar-refractivity contribution in [3.05, 3.63) is 69.0 Å². The van der Waals surface area contributed by atoms with E-state index >= 15 is 0 Å². The number of aryl methyl sites for hydroxylation is 1. The lowest BCUT2D eigenvalue weighted by atomic mass is 10.0. The van der Waals surface area contributed by atoms with Gasteiger partial charge in [0.2, 0.25) is 0 Å². The first-order valence-corrected chi connectivity index (χ1v) is 6.47. The highest BCUT2D eigenvalue weighted by atomic mass is 35.5. The third-order valence-electron chi connectivity index (χ3n) is 2.85. The summed E-state index contributed by atoms with van der Waals surface area (Å²) in [6.45, 7) is 1.83. The molecule has 0 saturated carbocycles. The number of hydrogen-bond donors (Lipinski definition) is 0. The van der Waals surface area contributed by atoms with Crippen molar-refractivity contribution < 1.29 is 9.18 Å². The maximum atomic E-state index is 13.1. The molecule has 0 bridgehead atoms. The van der Waals surface area contributed by atoms with E-state index in [4.69, 9.17) is 23.2 Å². The van der Waals surface area contributed by atoms with Gasteiger partial charge in [0.25, 0.3) is 0 Å². The van der Waals surface area contributed by atoms with Crippen molar-refractivity contribution in [2.75, 3.05) is 0 Å². The summed E-state index contributed by atoms with van der Waals surface area (Å²) in [4.78, 5) is 12.2. The Hall–Kier alpha value is -1.38. The summed E-state index contributed by atoms with van der Waals surface area (Å²) < 4.78 is 13.1. The molecule has 2 aromatic rings. The largest absolute Gasteiger partial charge is 0.294 e. The van der Waals surface area contributed by atoms with Gasteiger partial charge in [-0.2, -0.15) is 0 Å². The van der Waals surface area contributed by atoms with E-state index < -0.39 is 5.82 Å². The quantitative estimate of drug-likeness (QED) is 0.739. The topological polar surface area (TPSA) is 17.1 Å². The Bertz CT molecular complexity index is 638. The molecule has 0 aliphatic carbocycles. The number of rotatable bonds is 3. The third-order valence-corrected chi connectivity index (χ3v) is 3.72. The monoisotopic (exact) mass is 296 g/mol. The molecule has 0 N–H and O–H groups in total. The SMILES string of the molecule is Cc1cccc(C(=O)Cc2cc(F)ccc2Cl)c1Cl. The average molecular weight is 297 g/mol. The summed E-state index contributed by atoms with van der Waals surface area (Å²) in [6.07, 6.45) is 0.0275. The van der Waals surface area contributed by atoms with E-state index in [1.165, 1.54) is 18.2 Å². The molecule has 0 fully saturated rings.